The van der Waals surface area contributed by atoms with Gasteiger partial charge >= 0.3 is 0 Å². The van der Waals surface area contributed by atoms with Gasteiger partial charge in [-0.1, -0.05) is 18.2 Å². The number of hydrogen-bond acceptors (Lipinski definition) is 3. The summed E-state index contributed by atoms with van der Waals surface area (Å²) in [5, 5.41) is 11.6. The lowest BCUT2D eigenvalue weighted by Gasteiger charge is -2.04. The lowest BCUT2D eigenvalue weighted by atomic mass is 10.3. The fraction of sp³-hybridized carbons (Fsp3) is 0.273. The number of aromatic nitrogens is 1. The molecule has 0 radical (unpaired) electrons. The summed E-state index contributed by atoms with van der Waals surface area (Å²) >= 11 is 1.59. The molecule has 4 N–H and O–H groups in total. The Labute approximate surface area is 92.7 Å². The van der Waals surface area contributed by atoms with Crippen LogP contribution in [0.3, 0.4) is 0 Å². The molecule has 80 valence electrons. The standard InChI is InChI=1S/C11H14N2OS/c12-6-9(14)7-15-11-5-8-3-1-2-4-10(8)13-11/h1-5,9,13-14H,6-7,12H2. The SMILES string of the molecule is NCC(O)CSc1cc2ccccc2[nH]1. The third-order valence-electron chi connectivity index (χ3n) is 2.21. The van der Waals surface area contributed by atoms with Crippen LogP contribution in [0.15, 0.2) is 35.4 Å². The van der Waals surface area contributed by atoms with Crippen molar-refractivity contribution < 1.29 is 5.11 Å². The minimum absolute atomic E-state index is 0.313. The molecule has 0 fully saturated rings. The van der Waals surface area contributed by atoms with Crippen LogP contribution in [-0.2, 0) is 0 Å². The molecule has 0 spiro atoms. The topological polar surface area (TPSA) is 62.0 Å². The van der Waals surface area contributed by atoms with Crippen LogP contribution in [0.5, 0.6) is 0 Å². The van der Waals surface area contributed by atoms with Gasteiger partial charge in [0.2, 0.25) is 0 Å². The molecule has 1 unspecified atom stereocenters. The predicted octanol–water partition coefficient (Wildman–Crippen LogP) is 1.58. The number of fused-ring (bicyclic) bond motifs is 1. The van der Waals surface area contributed by atoms with Crippen molar-refractivity contribution in [2.75, 3.05) is 12.3 Å². The number of thioether (sulfide) groups is 1. The zero-order valence-electron chi connectivity index (χ0n) is 8.31. The Hall–Kier alpha value is -0.970. The molecule has 2 rings (SSSR count). The molecule has 0 aliphatic heterocycles. The van der Waals surface area contributed by atoms with Gasteiger partial charge in [0.15, 0.2) is 0 Å². The molecule has 1 atom stereocenters. The van der Waals surface area contributed by atoms with Crippen molar-refractivity contribution in [3.05, 3.63) is 30.3 Å². The average Bonchev–Trinajstić information content (AvgIpc) is 2.68. The first kappa shape index (κ1) is 10.5. The fourth-order valence-electron chi connectivity index (χ4n) is 1.38. The summed E-state index contributed by atoms with van der Waals surface area (Å²) in [4.78, 5) is 3.29. The van der Waals surface area contributed by atoms with E-state index in [4.69, 9.17) is 5.73 Å². The van der Waals surface area contributed by atoms with Gasteiger partial charge in [0, 0.05) is 23.2 Å². The number of aromatic amines is 1. The molecule has 2 aromatic rings. The van der Waals surface area contributed by atoms with Gasteiger partial charge < -0.3 is 15.8 Å². The van der Waals surface area contributed by atoms with E-state index in [1.165, 1.54) is 5.39 Å². The summed E-state index contributed by atoms with van der Waals surface area (Å²) < 4.78 is 0. The van der Waals surface area contributed by atoms with Crippen LogP contribution in [0.1, 0.15) is 0 Å². The number of H-pyrrole nitrogens is 1. The van der Waals surface area contributed by atoms with Gasteiger partial charge in [0.25, 0.3) is 0 Å². The second kappa shape index (κ2) is 4.70. The zero-order chi connectivity index (χ0) is 10.7. The summed E-state index contributed by atoms with van der Waals surface area (Å²) in [5.74, 6) is 0.628. The van der Waals surface area contributed by atoms with Gasteiger partial charge in [-0.05, 0) is 12.1 Å². The Morgan fingerprint density at radius 1 is 1.40 bits per heavy atom. The van der Waals surface area contributed by atoms with E-state index in [0.29, 0.717) is 12.3 Å². The third kappa shape index (κ3) is 2.53. The van der Waals surface area contributed by atoms with Gasteiger partial charge in [-0.25, -0.2) is 0 Å². The highest BCUT2D eigenvalue weighted by atomic mass is 32.2. The van der Waals surface area contributed by atoms with Crippen LogP contribution in [-0.4, -0.2) is 28.5 Å². The molecule has 0 aliphatic rings. The van der Waals surface area contributed by atoms with E-state index in [9.17, 15) is 5.11 Å². The summed E-state index contributed by atoms with van der Waals surface area (Å²) in [6.07, 6.45) is -0.429. The Morgan fingerprint density at radius 3 is 2.93 bits per heavy atom. The number of hydrogen-bond donors (Lipinski definition) is 3. The first-order valence-corrected chi connectivity index (χ1v) is 5.87. The molecule has 15 heavy (non-hydrogen) atoms. The largest absolute Gasteiger partial charge is 0.391 e. The molecular formula is C11H14N2OS. The van der Waals surface area contributed by atoms with Gasteiger partial charge in [-0.2, -0.15) is 0 Å². The average molecular weight is 222 g/mol. The highest BCUT2D eigenvalue weighted by Gasteiger charge is 2.04. The van der Waals surface area contributed by atoms with Crippen molar-refractivity contribution >= 4 is 22.7 Å². The number of nitrogens with one attached hydrogen (secondary N) is 1. The van der Waals surface area contributed by atoms with Gasteiger partial charge in [0.1, 0.15) is 0 Å². The molecular weight excluding hydrogens is 208 g/mol. The van der Waals surface area contributed by atoms with Crippen LogP contribution >= 0.6 is 11.8 Å². The monoisotopic (exact) mass is 222 g/mol. The molecule has 3 nitrogen and oxygen atoms in total. The van der Waals surface area contributed by atoms with E-state index >= 15 is 0 Å². The Balaban J connectivity index is 2.09. The first-order valence-electron chi connectivity index (χ1n) is 4.88. The molecule has 1 aromatic heterocycles. The number of aliphatic hydroxyl groups is 1. The highest BCUT2D eigenvalue weighted by molar-refractivity contribution is 7.99. The van der Waals surface area contributed by atoms with Crippen molar-refractivity contribution in [2.45, 2.75) is 11.1 Å². The summed E-state index contributed by atoms with van der Waals surface area (Å²) in [6.45, 7) is 0.313. The Kier molecular flexibility index (Phi) is 3.30. The molecule has 4 heteroatoms. The Morgan fingerprint density at radius 2 is 2.20 bits per heavy atom. The van der Waals surface area contributed by atoms with Crippen molar-refractivity contribution in [1.82, 2.24) is 4.98 Å². The van der Waals surface area contributed by atoms with Gasteiger partial charge in [-0.15, -0.1) is 11.8 Å². The maximum Gasteiger partial charge on any atom is 0.0756 e. The lowest BCUT2D eigenvalue weighted by Crippen LogP contribution is -2.21. The van der Waals surface area contributed by atoms with Gasteiger partial charge in [0.05, 0.1) is 11.1 Å². The Bertz CT molecular complexity index is 408. The van der Waals surface area contributed by atoms with E-state index in [1.807, 2.05) is 18.2 Å². The van der Waals surface area contributed by atoms with E-state index in [1.54, 1.807) is 11.8 Å². The number of benzene rings is 1. The van der Waals surface area contributed by atoms with Crippen molar-refractivity contribution in [1.29, 1.82) is 0 Å². The molecule has 0 saturated carbocycles. The molecule has 0 saturated heterocycles. The fourth-order valence-corrected chi connectivity index (χ4v) is 2.28. The normalized spacial score (nSPS) is 13.2. The van der Waals surface area contributed by atoms with Crippen LogP contribution < -0.4 is 5.73 Å². The first-order chi connectivity index (χ1) is 7.29. The van der Waals surface area contributed by atoms with Crippen molar-refractivity contribution in [3.8, 4) is 0 Å². The smallest absolute Gasteiger partial charge is 0.0756 e. The second-order valence-electron chi connectivity index (χ2n) is 3.42. The highest BCUT2D eigenvalue weighted by Crippen LogP contribution is 2.23. The van der Waals surface area contributed by atoms with Crippen LogP contribution in [0.25, 0.3) is 10.9 Å². The maximum atomic E-state index is 9.33. The van der Waals surface area contributed by atoms with E-state index in [0.717, 1.165) is 10.5 Å². The molecule has 0 aliphatic carbocycles. The summed E-state index contributed by atoms with van der Waals surface area (Å²) in [6, 6.07) is 10.2. The number of aliphatic hydroxyl groups excluding tert-OH is 1. The molecule has 1 aromatic carbocycles. The lowest BCUT2D eigenvalue weighted by molar-refractivity contribution is 0.208. The summed E-state index contributed by atoms with van der Waals surface area (Å²) in [5.41, 5.74) is 6.46. The quantitative estimate of drug-likeness (QED) is 0.688. The number of nitrogens with two attached hydrogens (primary N) is 1. The number of para-hydroxylation sites is 1. The minimum Gasteiger partial charge on any atom is -0.391 e. The zero-order valence-corrected chi connectivity index (χ0v) is 9.13. The molecule has 1 heterocycles. The minimum atomic E-state index is -0.429. The van der Waals surface area contributed by atoms with E-state index in [-0.39, 0.29) is 0 Å². The molecule has 0 bridgehead atoms. The predicted molar refractivity (Wildman–Crippen MR) is 64.1 cm³/mol. The third-order valence-corrected chi connectivity index (χ3v) is 3.29. The summed E-state index contributed by atoms with van der Waals surface area (Å²) in [7, 11) is 0. The van der Waals surface area contributed by atoms with Crippen molar-refractivity contribution in [2.24, 2.45) is 5.73 Å². The number of rotatable bonds is 4. The van der Waals surface area contributed by atoms with E-state index < -0.39 is 6.10 Å². The molecule has 0 amide bonds. The van der Waals surface area contributed by atoms with Crippen molar-refractivity contribution in [3.63, 3.8) is 0 Å². The van der Waals surface area contributed by atoms with Crippen LogP contribution in [0, 0.1) is 0 Å². The van der Waals surface area contributed by atoms with Gasteiger partial charge in [-0.3, -0.25) is 0 Å². The van der Waals surface area contributed by atoms with Crippen LogP contribution in [0.4, 0.5) is 0 Å². The van der Waals surface area contributed by atoms with Crippen LogP contribution in [0.2, 0.25) is 0 Å². The van der Waals surface area contributed by atoms with E-state index in [2.05, 4.69) is 17.1 Å². The maximum absolute atomic E-state index is 9.33. The second-order valence-corrected chi connectivity index (χ2v) is 4.48.